The highest BCUT2D eigenvalue weighted by Crippen LogP contribution is 2.72. The molecule has 1 spiro atoms. The zero-order valence-electron chi connectivity index (χ0n) is 22.0. The van der Waals surface area contributed by atoms with Gasteiger partial charge in [-0.15, -0.1) is 0 Å². The van der Waals surface area contributed by atoms with E-state index in [-0.39, 0.29) is 25.2 Å². The monoisotopic (exact) mass is 554 g/mol. The molecule has 2 saturated carbocycles. The van der Waals surface area contributed by atoms with Crippen LogP contribution >= 0.6 is 0 Å². The molecule has 0 aromatic rings. The van der Waals surface area contributed by atoms with Gasteiger partial charge < -0.3 is 43.4 Å². The maximum atomic E-state index is 13.3. The topological polar surface area (TPSA) is 190 Å². The molecule has 5 aliphatic rings. The molecule has 0 aromatic carbocycles. The number of ether oxygens (including phenoxy) is 7. The molecule has 2 N–H and O–H groups in total. The number of aliphatic hydroxyl groups excluding tert-OH is 2. The first kappa shape index (κ1) is 27.3. The molecule has 0 aromatic heterocycles. The maximum Gasteiger partial charge on any atom is 0.513 e. The van der Waals surface area contributed by atoms with Gasteiger partial charge in [0.05, 0.1) is 40.0 Å². The molecule has 0 radical (unpaired) electrons. The quantitative estimate of drug-likeness (QED) is 0.350. The minimum atomic E-state index is -2.28. The fraction of sp³-hybridized carbons (Fsp3) is 0.720. The third kappa shape index (κ3) is 3.28. The third-order valence-electron chi connectivity index (χ3n) is 9.56. The summed E-state index contributed by atoms with van der Waals surface area (Å²) in [7, 11) is 3.19. The Morgan fingerprint density at radius 2 is 1.67 bits per heavy atom. The van der Waals surface area contributed by atoms with Crippen molar-refractivity contribution in [2.24, 2.45) is 28.6 Å². The lowest BCUT2D eigenvalue weighted by Crippen LogP contribution is -2.79. The largest absolute Gasteiger partial charge is 0.513 e. The third-order valence-corrected chi connectivity index (χ3v) is 9.56. The Bertz CT molecular complexity index is 1180. The van der Waals surface area contributed by atoms with Gasteiger partial charge in [-0.25, -0.2) is 19.2 Å². The van der Waals surface area contributed by atoms with Gasteiger partial charge in [-0.05, 0) is 30.3 Å². The van der Waals surface area contributed by atoms with E-state index in [0.717, 1.165) is 21.3 Å². The molecule has 0 unspecified atom stereocenters. The summed E-state index contributed by atoms with van der Waals surface area (Å²) in [6, 6.07) is 0. The van der Waals surface area contributed by atoms with E-state index in [1.165, 1.54) is 0 Å². The number of carbonyl (C=O) groups is 5. The molecule has 2 bridgehead atoms. The minimum absolute atomic E-state index is 0.0940. The highest BCUT2D eigenvalue weighted by Gasteiger charge is 2.85. The fourth-order valence-corrected chi connectivity index (χ4v) is 8.26. The molecule has 2 saturated heterocycles. The van der Waals surface area contributed by atoms with Gasteiger partial charge in [-0.3, -0.25) is 4.79 Å². The van der Waals surface area contributed by atoms with Crippen LogP contribution in [0.4, 0.5) is 9.59 Å². The van der Waals surface area contributed by atoms with E-state index in [0.29, 0.717) is 5.57 Å². The number of aliphatic hydroxyl groups is 2. The summed E-state index contributed by atoms with van der Waals surface area (Å²) < 4.78 is 36.3. The van der Waals surface area contributed by atoms with Crippen LogP contribution in [-0.4, -0.2) is 98.2 Å². The number of Topliss-reactive ketones (excluding diaryl/α,β-unsaturated/α-hetero) is 1. The zero-order valence-corrected chi connectivity index (χ0v) is 22.0. The number of hydrogen-bond acceptors (Lipinski definition) is 14. The first-order valence-corrected chi connectivity index (χ1v) is 12.4. The summed E-state index contributed by atoms with van der Waals surface area (Å²) >= 11 is 0. The highest BCUT2D eigenvalue weighted by atomic mass is 16.7. The SMILES string of the molecule is COC(=O)OC1=C(C)[C@@H]2C[C@H]3OC(=O)[C@H](OC(=O)OC)[C@H]4[C@]5(C(=O)OC)OC[C@]34[C@H]([C@@H](O)[C@@H]5O)[C@@]2(C)CC1=O. The van der Waals surface area contributed by atoms with E-state index in [1.54, 1.807) is 13.8 Å². The Hall–Kier alpha value is -3.23. The van der Waals surface area contributed by atoms with Gasteiger partial charge in [0.1, 0.15) is 12.2 Å². The van der Waals surface area contributed by atoms with Crippen molar-refractivity contribution in [3.05, 3.63) is 11.3 Å². The summed E-state index contributed by atoms with van der Waals surface area (Å²) in [5.74, 6) is -5.75. The molecule has 2 aliphatic heterocycles. The maximum absolute atomic E-state index is 13.3. The summed E-state index contributed by atoms with van der Waals surface area (Å²) in [6.07, 6.45) is -8.80. The number of methoxy groups -OCH3 is 3. The molecule has 0 amide bonds. The molecule has 3 aliphatic carbocycles. The minimum Gasteiger partial charge on any atom is -0.467 e. The molecule has 10 atom stereocenters. The normalized spacial score (nSPS) is 43.9. The highest BCUT2D eigenvalue weighted by molar-refractivity contribution is 5.97. The van der Waals surface area contributed by atoms with E-state index in [4.69, 9.17) is 23.7 Å². The Morgan fingerprint density at radius 3 is 2.28 bits per heavy atom. The first-order chi connectivity index (χ1) is 18.3. The van der Waals surface area contributed by atoms with Crippen molar-refractivity contribution in [3.63, 3.8) is 0 Å². The number of rotatable bonds is 3. The summed E-state index contributed by atoms with van der Waals surface area (Å²) in [5, 5.41) is 23.2. The van der Waals surface area contributed by atoms with Gasteiger partial charge in [-0.2, -0.15) is 0 Å². The summed E-state index contributed by atoms with van der Waals surface area (Å²) in [5.41, 5.74) is -4.40. The first-order valence-electron chi connectivity index (χ1n) is 12.4. The van der Waals surface area contributed by atoms with Crippen LogP contribution in [0.15, 0.2) is 11.3 Å². The second kappa shape index (κ2) is 8.89. The molecular formula is C25H30O14. The lowest BCUT2D eigenvalue weighted by atomic mass is 9.38. The van der Waals surface area contributed by atoms with Crippen LogP contribution in [0.1, 0.15) is 26.7 Å². The second-order valence-electron chi connectivity index (χ2n) is 11.0. The van der Waals surface area contributed by atoms with Crippen molar-refractivity contribution in [3.8, 4) is 0 Å². The Labute approximate surface area is 222 Å². The molecule has 5 rings (SSSR count). The van der Waals surface area contributed by atoms with E-state index < -0.39 is 88.6 Å². The average Bonchev–Trinajstić information content (AvgIpc) is 3.21. The predicted molar refractivity (Wildman–Crippen MR) is 121 cm³/mol. The van der Waals surface area contributed by atoms with E-state index in [1.807, 2.05) is 0 Å². The Balaban J connectivity index is 1.72. The van der Waals surface area contributed by atoms with E-state index in [9.17, 15) is 34.2 Å². The van der Waals surface area contributed by atoms with Gasteiger partial charge in [0, 0.05) is 17.8 Å². The van der Waals surface area contributed by atoms with Gasteiger partial charge >= 0.3 is 24.2 Å². The average molecular weight is 555 g/mol. The lowest BCUT2D eigenvalue weighted by molar-refractivity contribution is -0.289. The van der Waals surface area contributed by atoms with Crippen LogP contribution in [0.3, 0.4) is 0 Å². The lowest BCUT2D eigenvalue weighted by Gasteiger charge is -2.67. The van der Waals surface area contributed by atoms with E-state index >= 15 is 0 Å². The van der Waals surface area contributed by atoms with Crippen molar-refractivity contribution >= 4 is 30.0 Å². The number of ketones is 1. The van der Waals surface area contributed by atoms with Gasteiger partial charge in [0.15, 0.2) is 11.5 Å². The molecule has 4 fully saturated rings. The Morgan fingerprint density at radius 1 is 1.00 bits per heavy atom. The Kier molecular flexibility index (Phi) is 6.24. The van der Waals surface area contributed by atoms with Gasteiger partial charge in [0.2, 0.25) is 11.7 Å². The summed E-state index contributed by atoms with van der Waals surface area (Å²) in [4.78, 5) is 63.9. The van der Waals surface area contributed by atoms with Crippen LogP contribution in [0.5, 0.6) is 0 Å². The number of hydrogen-bond donors (Lipinski definition) is 2. The standard InChI is InChI=1S/C25H30O14/c1-9-10-6-12-24-8-36-25(20(30)33-3,17(24)15(19(29)37-12)39-22(32)35-5)18(28)13(27)16(24)23(10,2)7-11(26)14(9)38-21(31)34-4/h10,12-13,15-18,27-28H,6-8H2,1-5H3/t10-,12+,13+,15+,16+,17+,18-,23-,24+,25-/m0/s1. The number of allylic oxidation sites excluding steroid dienone is 2. The van der Waals surface area contributed by atoms with Gasteiger partial charge in [0.25, 0.3) is 0 Å². The fourth-order valence-electron chi connectivity index (χ4n) is 8.26. The van der Waals surface area contributed by atoms with Crippen molar-refractivity contribution in [1.82, 2.24) is 0 Å². The van der Waals surface area contributed by atoms with Crippen LogP contribution in [0.2, 0.25) is 0 Å². The molecule has 39 heavy (non-hydrogen) atoms. The van der Waals surface area contributed by atoms with Crippen LogP contribution in [0, 0.1) is 28.6 Å². The molecule has 14 nitrogen and oxygen atoms in total. The molecule has 214 valence electrons. The smallest absolute Gasteiger partial charge is 0.467 e. The second-order valence-corrected chi connectivity index (χ2v) is 11.0. The molecule has 14 heteroatoms. The van der Waals surface area contributed by atoms with Crippen molar-refractivity contribution in [2.45, 2.75) is 56.7 Å². The van der Waals surface area contributed by atoms with Crippen LogP contribution in [0.25, 0.3) is 0 Å². The van der Waals surface area contributed by atoms with Crippen LogP contribution < -0.4 is 0 Å². The van der Waals surface area contributed by atoms with Gasteiger partial charge in [-0.1, -0.05) is 6.92 Å². The summed E-state index contributed by atoms with van der Waals surface area (Å²) in [6.45, 7) is 3.05. The van der Waals surface area contributed by atoms with Crippen molar-refractivity contribution < 1.29 is 67.3 Å². The zero-order chi connectivity index (χ0) is 28.7. The van der Waals surface area contributed by atoms with Crippen molar-refractivity contribution in [2.75, 3.05) is 27.9 Å². The number of carbonyl (C=O) groups excluding carboxylic acids is 5. The number of esters is 2. The molecular weight excluding hydrogens is 524 g/mol. The number of fused-ring (bicyclic) bond motifs is 2. The van der Waals surface area contributed by atoms with Crippen LogP contribution in [-0.2, 0) is 47.5 Å². The molecule has 2 heterocycles. The van der Waals surface area contributed by atoms with Crippen molar-refractivity contribution in [1.29, 1.82) is 0 Å². The van der Waals surface area contributed by atoms with E-state index in [2.05, 4.69) is 9.47 Å². The predicted octanol–water partition coefficient (Wildman–Crippen LogP) is 0.0156.